The first kappa shape index (κ1) is 37.0. The van der Waals surface area contributed by atoms with Crippen molar-refractivity contribution >= 4 is 27.6 Å². The van der Waals surface area contributed by atoms with Crippen LogP contribution >= 0.6 is 0 Å². The molecular weight excluding hydrogens is 558 g/mol. The van der Waals surface area contributed by atoms with E-state index < -0.39 is 33.8 Å². The van der Waals surface area contributed by atoms with E-state index in [-0.39, 0.29) is 23.4 Å². The number of amides is 2. The Morgan fingerprint density at radius 3 is 2.07 bits per heavy atom. The standard InChI is InChI=1S/C30H49N5O6S/c1-6-8-18-35(19-9-7-2)20-14-13-16-25(29(38)39)33-28(37)27(23(3)4)34-26(36)17-12-10-11-15-24-21-31-30(32-22-24)42(5,40)41/h21-23,25,27H,6-10,12-14,16-20H2,1-5H3,(H,33,37)(H,34,36)(H,38,39)/t25-,27-/m0/s1. The van der Waals surface area contributed by atoms with Gasteiger partial charge in [0.15, 0.2) is 0 Å². The van der Waals surface area contributed by atoms with E-state index in [0.717, 1.165) is 58.0 Å². The molecule has 1 aromatic rings. The van der Waals surface area contributed by atoms with Crippen LogP contribution in [-0.2, 0) is 24.2 Å². The van der Waals surface area contributed by atoms with Crippen molar-refractivity contribution in [3.05, 3.63) is 18.0 Å². The van der Waals surface area contributed by atoms with E-state index >= 15 is 0 Å². The Morgan fingerprint density at radius 2 is 1.55 bits per heavy atom. The molecule has 1 rings (SSSR count). The molecule has 236 valence electrons. The highest BCUT2D eigenvalue weighted by atomic mass is 32.2. The summed E-state index contributed by atoms with van der Waals surface area (Å²) < 4.78 is 22.9. The van der Waals surface area contributed by atoms with E-state index in [1.807, 2.05) is 0 Å². The largest absolute Gasteiger partial charge is 0.480 e. The lowest BCUT2D eigenvalue weighted by molar-refractivity contribution is -0.142. The monoisotopic (exact) mass is 607 g/mol. The molecule has 0 unspecified atom stereocenters. The third-order valence-electron chi connectivity index (χ3n) is 6.65. The average molecular weight is 608 g/mol. The topological polar surface area (TPSA) is 159 Å². The summed E-state index contributed by atoms with van der Waals surface area (Å²) in [6.07, 6.45) is 11.1. The van der Waals surface area contributed by atoms with Crippen LogP contribution in [0.5, 0.6) is 0 Å². The lowest BCUT2D eigenvalue weighted by Crippen LogP contribution is -2.53. The summed E-state index contributed by atoms with van der Waals surface area (Å²) >= 11 is 0. The molecule has 0 saturated carbocycles. The maximum absolute atomic E-state index is 13.0. The van der Waals surface area contributed by atoms with Crippen molar-refractivity contribution < 1.29 is 27.9 Å². The van der Waals surface area contributed by atoms with Gasteiger partial charge in [-0.05, 0) is 64.1 Å². The lowest BCUT2D eigenvalue weighted by Gasteiger charge is -2.25. The molecule has 0 aliphatic carbocycles. The van der Waals surface area contributed by atoms with Gasteiger partial charge in [0.25, 0.3) is 0 Å². The van der Waals surface area contributed by atoms with Gasteiger partial charge >= 0.3 is 5.97 Å². The van der Waals surface area contributed by atoms with Crippen LogP contribution in [0.4, 0.5) is 0 Å². The molecule has 0 aliphatic rings. The van der Waals surface area contributed by atoms with Crippen LogP contribution in [0, 0.1) is 17.8 Å². The first-order chi connectivity index (χ1) is 19.9. The first-order valence-electron chi connectivity index (χ1n) is 14.9. The highest BCUT2D eigenvalue weighted by Crippen LogP contribution is 2.09. The van der Waals surface area contributed by atoms with Gasteiger partial charge < -0.3 is 20.6 Å². The van der Waals surface area contributed by atoms with Gasteiger partial charge in [0.05, 0.1) is 5.56 Å². The number of unbranched alkanes of at least 4 members (excludes halogenated alkanes) is 4. The Morgan fingerprint density at radius 1 is 0.952 bits per heavy atom. The Balaban J connectivity index is 2.55. The van der Waals surface area contributed by atoms with Gasteiger partial charge in [0.2, 0.25) is 26.8 Å². The third kappa shape index (κ3) is 15.3. The van der Waals surface area contributed by atoms with Crippen molar-refractivity contribution in [2.75, 3.05) is 25.9 Å². The molecule has 1 aromatic heterocycles. The third-order valence-corrected chi connectivity index (χ3v) is 7.53. The minimum Gasteiger partial charge on any atom is -0.480 e. The van der Waals surface area contributed by atoms with E-state index in [1.54, 1.807) is 13.8 Å². The number of hydrogen-bond donors (Lipinski definition) is 3. The summed E-state index contributed by atoms with van der Waals surface area (Å²) in [4.78, 5) is 47.4. The number of carboxylic acids is 1. The number of rotatable bonds is 20. The predicted molar refractivity (Wildman–Crippen MR) is 162 cm³/mol. The number of nitrogens with zero attached hydrogens (tertiary/aromatic N) is 3. The van der Waals surface area contributed by atoms with E-state index in [1.165, 1.54) is 12.4 Å². The van der Waals surface area contributed by atoms with Gasteiger partial charge in [0.1, 0.15) is 12.1 Å². The van der Waals surface area contributed by atoms with Crippen LogP contribution in [0.2, 0.25) is 0 Å². The second kappa shape index (κ2) is 20.0. The number of sulfone groups is 1. The van der Waals surface area contributed by atoms with Crippen molar-refractivity contribution in [1.29, 1.82) is 0 Å². The Kier molecular flexibility index (Phi) is 17.6. The number of carboxylic acid groups (broad SMARTS) is 1. The smallest absolute Gasteiger partial charge is 0.326 e. The van der Waals surface area contributed by atoms with Crippen LogP contribution in [-0.4, -0.2) is 84.1 Å². The molecule has 2 atom stereocenters. The molecular formula is C30H49N5O6S. The van der Waals surface area contributed by atoms with E-state index in [2.05, 4.69) is 51.2 Å². The fourth-order valence-electron chi connectivity index (χ4n) is 4.16. The van der Waals surface area contributed by atoms with Crippen molar-refractivity contribution in [2.24, 2.45) is 5.92 Å². The molecule has 0 aliphatic heterocycles. The van der Waals surface area contributed by atoms with Gasteiger partial charge in [-0.3, -0.25) is 9.59 Å². The summed E-state index contributed by atoms with van der Waals surface area (Å²) in [7, 11) is -3.48. The zero-order valence-corrected chi connectivity index (χ0v) is 26.6. The molecule has 0 spiro atoms. The number of carbonyl (C=O) groups is 3. The first-order valence-corrected chi connectivity index (χ1v) is 16.8. The average Bonchev–Trinajstić information content (AvgIpc) is 2.93. The Bertz CT molecular complexity index is 1140. The summed E-state index contributed by atoms with van der Waals surface area (Å²) in [5, 5.41) is 14.8. The molecule has 0 bridgehead atoms. The van der Waals surface area contributed by atoms with E-state index in [4.69, 9.17) is 0 Å². The number of aromatic nitrogens is 2. The fraction of sp³-hybridized carbons (Fsp3) is 0.700. The van der Waals surface area contributed by atoms with Crippen molar-refractivity contribution in [1.82, 2.24) is 25.5 Å². The number of hydrogen-bond acceptors (Lipinski definition) is 8. The van der Waals surface area contributed by atoms with E-state index in [9.17, 15) is 27.9 Å². The Labute approximate surface area is 251 Å². The van der Waals surface area contributed by atoms with Crippen LogP contribution < -0.4 is 10.6 Å². The molecule has 0 fully saturated rings. The summed E-state index contributed by atoms with van der Waals surface area (Å²) in [5.41, 5.74) is 0.460. The second-order valence-corrected chi connectivity index (χ2v) is 12.8. The molecule has 1 heterocycles. The minimum atomic E-state index is -3.48. The molecule has 12 heteroatoms. The van der Waals surface area contributed by atoms with Crippen molar-refractivity contribution in [3.63, 3.8) is 0 Å². The summed E-state index contributed by atoms with van der Waals surface area (Å²) in [5.74, 6) is 3.58. The SMILES string of the molecule is CCCCN(CCCC)CCCC[C@H](NC(=O)[C@@H](NC(=O)CCCC#Cc1cnc(S(C)(=O)=O)nc1)C(C)C)C(=O)O. The van der Waals surface area contributed by atoms with Crippen LogP contribution in [0.25, 0.3) is 0 Å². The molecule has 11 nitrogen and oxygen atoms in total. The molecule has 3 N–H and O–H groups in total. The molecule has 0 radical (unpaired) electrons. The summed E-state index contributed by atoms with van der Waals surface area (Å²) in [6, 6.07) is -1.87. The number of carbonyl (C=O) groups excluding carboxylic acids is 2. The Hall–Kier alpha value is -3.04. The van der Waals surface area contributed by atoms with Crippen LogP contribution in [0.15, 0.2) is 17.6 Å². The summed E-state index contributed by atoms with van der Waals surface area (Å²) in [6.45, 7) is 10.9. The molecule has 42 heavy (non-hydrogen) atoms. The number of nitrogens with one attached hydrogen (secondary N) is 2. The number of aliphatic carboxylic acids is 1. The van der Waals surface area contributed by atoms with E-state index in [0.29, 0.717) is 31.2 Å². The van der Waals surface area contributed by atoms with Gasteiger partial charge in [0, 0.05) is 31.5 Å². The van der Waals surface area contributed by atoms with Gasteiger partial charge in [-0.2, -0.15) is 0 Å². The fourth-order valence-corrected chi connectivity index (χ4v) is 4.64. The maximum atomic E-state index is 13.0. The zero-order valence-electron chi connectivity index (χ0n) is 25.8. The highest BCUT2D eigenvalue weighted by molar-refractivity contribution is 7.90. The highest BCUT2D eigenvalue weighted by Gasteiger charge is 2.28. The molecule has 0 saturated heterocycles. The maximum Gasteiger partial charge on any atom is 0.326 e. The van der Waals surface area contributed by atoms with Gasteiger partial charge in [-0.1, -0.05) is 52.4 Å². The van der Waals surface area contributed by atoms with Gasteiger partial charge in [-0.15, -0.1) is 0 Å². The zero-order chi connectivity index (χ0) is 31.5. The van der Waals surface area contributed by atoms with Crippen molar-refractivity contribution in [3.8, 4) is 11.8 Å². The lowest BCUT2D eigenvalue weighted by atomic mass is 10.0. The van der Waals surface area contributed by atoms with Gasteiger partial charge in [-0.25, -0.2) is 23.2 Å². The molecule has 2 amide bonds. The van der Waals surface area contributed by atoms with Crippen LogP contribution in [0.1, 0.15) is 97.5 Å². The minimum absolute atomic E-state index is 0.142. The normalized spacial score (nSPS) is 12.8. The predicted octanol–water partition coefficient (Wildman–Crippen LogP) is 3.18. The van der Waals surface area contributed by atoms with Crippen molar-refractivity contribution in [2.45, 2.75) is 109 Å². The second-order valence-electron chi connectivity index (χ2n) is 10.9. The quantitative estimate of drug-likeness (QED) is 0.115. The van der Waals surface area contributed by atoms with Crippen LogP contribution in [0.3, 0.4) is 0 Å². The molecule has 0 aromatic carbocycles.